The van der Waals surface area contributed by atoms with E-state index in [0.717, 1.165) is 10.5 Å². The first kappa shape index (κ1) is 20.8. The molecule has 3 aromatic rings. The lowest BCUT2D eigenvalue weighted by Gasteiger charge is -2.28. The van der Waals surface area contributed by atoms with Crippen molar-refractivity contribution >= 4 is 11.9 Å². The predicted molar refractivity (Wildman–Crippen MR) is 133 cm³/mol. The van der Waals surface area contributed by atoms with E-state index >= 15 is 0 Å². The molecular formula is C28H32N2O5. The van der Waals surface area contributed by atoms with Crippen molar-refractivity contribution in [2.75, 3.05) is 26.2 Å². The third kappa shape index (κ3) is 6.11. The molecule has 1 unspecified atom stereocenters. The molecule has 0 saturated carbocycles. The minimum atomic E-state index is -2.37. The van der Waals surface area contributed by atoms with Crippen molar-refractivity contribution in [1.82, 2.24) is 9.80 Å². The first-order chi connectivity index (χ1) is 18.0. The van der Waals surface area contributed by atoms with Gasteiger partial charge in [-0.05, 0) is 57.1 Å². The molecule has 0 bridgehead atoms. The minimum absolute atomic E-state index is 0.130. The second-order valence-electron chi connectivity index (χ2n) is 8.72. The Labute approximate surface area is 210 Å². The highest BCUT2D eigenvalue weighted by molar-refractivity contribution is 5.94. The zero-order valence-corrected chi connectivity index (χ0v) is 19.9. The Bertz CT molecular complexity index is 1260. The number of rotatable bonds is 10. The van der Waals surface area contributed by atoms with Gasteiger partial charge < -0.3 is 19.2 Å². The van der Waals surface area contributed by atoms with Crippen molar-refractivity contribution in [3.63, 3.8) is 0 Å². The molecule has 35 heavy (non-hydrogen) atoms. The predicted octanol–water partition coefficient (Wildman–Crippen LogP) is 4.78. The smallest absolute Gasteiger partial charge is 0.307 e. The largest absolute Gasteiger partial charge is 0.492 e. The van der Waals surface area contributed by atoms with Crippen molar-refractivity contribution in [3.8, 4) is 17.1 Å². The van der Waals surface area contributed by atoms with Crippen LogP contribution in [-0.4, -0.2) is 59.0 Å². The van der Waals surface area contributed by atoms with Gasteiger partial charge in [-0.25, -0.2) is 0 Å². The first-order valence-corrected chi connectivity index (χ1v) is 11.6. The van der Waals surface area contributed by atoms with Gasteiger partial charge in [-0.1, -0.05) is 30.3 Å². The van der Waals surface area contributed by atoms with Crippen LogP contribution >= 0.6 is 0 Å². The highest BCUT2D eigenvalue weighted by atomic mass is 16.5. The van der Waals surface area contributed by atoms with Gasteiger partial charge in [0.25, 0.3) is 5.91 Å². The molecule has 4 rings (SSSR count). The zero-order chi connectivity index (χ0) is 27.5. The molecule has 0 spiro atoms. The van der Waals surface area contributed by atoms with Gasteiger partial charge >= 0.3 is 5.97 Å². The maximum atomic E-state index is 13.6. The molecule has 1 aromatic heterocycles. The quantitative estimate of drug-likeness (QED) is 0.451. The van der Waals surface area contributed by atoms with Crippen LogP contribution in [0.5, 0.6) is 5.75 Å². The standard InChI is InChI=1S/C28H32N2O5/c1-20(2)30(27(31)22-11-9-21(10-12-22)25-8-5-16-34-25)19-23-6-3-4-7-26(23)35-17-15-29-14-13-24(18-29)28(32)33/h3-12,16,20,24H,13-15,17-19H2,1-2H3,(H,32,33)/i19D2,20D. The number of likely N-dealkylation sites (tertiary alicyclic amines) is 1. The van der Waals surface area contributed by atoms with Gasteiger partial charge in [0.05, 0.1) is 16.3 Å². The number of aliphatic carboxylic acids is 1. The van der Waals surface area contributed by atoms with E-state index in [2.05, 4.69) is 0 Å². The Hall–Kier alpha value is -3.58. The zero-order valence-electron chi connectivity index (χ0n) is 22.9. The molecule has 1 aliphatic rings. The third-order valence-corrected chi connectivity index (χ3v) is 5.99. The maximum Gasteiger partial charge on any atom is 0.307 e. The van der Waals surface area contributed by atoms with E-state index in [1.165, 1.54) is 13.8 Å². The number of benzene rings is 2. The molecule has 1 aliphatic heterocycles. The summed E-state index contributed by atoms with van der Waals surface area (Å²) in [7, 11) is 0. The van der Waals surface area contributed by atoms with Crippen LogP contribution in [0.15, 0.2) is 71.3 Å². The molecule has 7 nitrogen and oxygen atoms in total. The number of carbonyl (C=O) groups excluding carboxylic acids is 1. The van der Waals surface area contributed by atoms with Gasteiger partial charge in [-0.3, -0.25) is 14.5 Å². The van der Waals surface area contributed by atoms with Crippen LogP contribution in [0.1, 0.15) is 40.3 Å². The summed E-state index contributed by atoms with van der Waals surface area (Å²) in [6.45, 7) is 2.40. The maximum absolute atomic E-state index is 13.6. The summed E-state index contributed by atoms with van der Waals surface area (Å²) in [5.74, 6) is -0.904. The summed E-state index contributed by atoms with van der Waals surface area (Å²) in [6.07, 6.45) is 2.15. The van der Waals surface area contributed by atoms with Crippen molar-refractivity contribution in [2.24, 2.45) is 5.92 Å². The molecule has 184 valence electrons. The number of carbonyl (C=O) groups is 2. The van der Waals surface area contributed by atoms with Crippen LogP contribution in [0.4, 0.5) is 0 Å². The molecule has 1 atom stereocenters. The molecule has 1 saturated heterocycles. The van der Waals surface area contributed by atoms with Crippen LogP contribution in [0.2, 0.25) is 0 Å². The average molecular weight is 480 g/mol. The molecule has 0 aliphatic carbocycles. The van der Waals surface area contributed by atoms with E-state index < -0.39 is 24.4 Å². The van der Waals surface area contributed by atoms with Gasteiger partial charge in [0.15, 0.2) is 0 Å². The molecule has 1 fully saturated rings. The van der Waals surface area contributed by atoms with E-state index in [-0.39, 0.29) is 29.4 Å². The molecule has 0 radical (unpaired) electrons. The lowest BCUT2D eigenvalue weighted by molar-refractivity contribution is -0.141. The fourth-order valence-electron chi connectivity index (χ4n) is 4.04. The number of nitrogens with zero attached hydrogens (tertiary/aromatic N) is 2. The number of carboxylic acid groups (broad SMARTS) is 1. The van der Waals surface area contributed by atoms with E-state index in [9.17, 15) is 14.7 Å². The van der Waals surface area contributed by atoms with E-state index in [1.54, 1.807) is 66.9 Å². The van der Waals surface area contributed by atoms with Gasteiger partial charge in [0.1, 0.15) is 18.1 Å². The van der Waals surface area contributed by atoms with E-state index in [0.29, 0.717) is 31.8 Å². The fraction of sp³-hybridized carbons (Fsp3) is 0.357. The number of furan rings is 1. The van der Waals surface area contributed by atoms with Crippen LogP contribution in [0.3, 0.4) is 0 Å². The Morgan fingerprint density at radius 3 is 2.63 bits per heavy atom. The second kappa shape index (κ2) is 11.2. The van der Waals surface area contributed by atoms with E-state index in [1.807, 2.05) is 4.90 Å². The van der Waals surface area contributed by atoms with Crippen LogP contribution < -0.4 is 4.74 Å². The average Bonchev–Trinajstić information content (AvgIpc) is 3.56. The van der Waals surface area contributed by atoms with Crippen LogP contribution in [0, 0.1) is 5.92 Å². The highest BCUT2D eigenvalue weighted by Gasteiger charge is 2.27. The Balaban J connectivity index is 1.54. The lowest BCUT2D eigenvalue weighted by Crippen LogP contribution is -2.36. The van der Waals surface area contributed by atoms with Gasteiger partial charge in [0, 0.05) is 42.3 Å². The summed E-state index contributed by atoms with van der Waals surface area (Å²) >= 11 is 0. The monoisotopic (exact) mass is 479 g/mol. The van der Waals surface area contributed by atoms with E-state index in [4.69, 9.17) is 13.3 Å². The lowest BCUT2D eigenvalue weighted by atomic mass is 10.1. The summed E-state index contributed by atoms with van der Waals surface area (Å²) in [6, 6.07) is 15.2. The normalized spacial score (nSPS) is 17.9. The summed E-state index contributed by atoms with van der Waals surface area (Å²) < 4.78 is 38.0. The highest BCUT2D eigenvalue weighted by Crippen LogP contribution is 2.24. The number of hydrogen-bond donors (Lipinski definition) is 1. The Morgan fingerprint density at radius 2 is 1.97 bits per heavy atom. The molecule has 1 N–H and O–H groups in total. The minimum Gasteiger partial charge on any atom is -0.492 e. The summed E-state index contributed by atoms with van der Waals surface area (Å²) in [5, 5.41) is 9.21. The topological polar surface area (TPSA) is 83.2 Å². The van der Waals surface area contributed by atoms with Crippen molar-refractivity contribution in [3.05, 3.63) is 78.1 Å². The summed E-state index contributed by atoms with van der Waals surface area (Å²) in [5.41, 5.74) is 1.15. The number of hydrogen-bond acceptors (Lipinski definition) is 5. The SMILES string of the molecule is [2H]C(C)(C)N(C(=O)c1ccc(-c2ccco2)cc1)C([2H])([2H])c1ccccc1OCCN1CCC(C(=O)O)C1. The number of ether oxygens (including phenoxy) is 1. The number of para-hydroxylation sites is 1. The van der Waals surface area contributed by atoms with Gasteiger partial charge in [0.2, 0.25) is 0 Å². The molecular weight excluding hydrogens is 444 g/mol. The molecule has 2 heterocycles. The van der Waals surface area contributed by atoms with Gasteiger partial charge in [-0.15, -0.1) is 0 Å². The first-order valence-electron chi connectivity index (χ1n) is 13.1. The Kier molecular flexibility index (Phi) is 6.66. The van der Waals surface area contributed by atoms with Gasteiger partial charge in [-0.2, -0.15) is 0 Å². The number of amides is 1. The fourth-order valence-corrected chi connectivity index (χ4v) is 4.04. The third-order valence-electron chi connectivity index (χ3n) is 5.99. The van der Waals surface area contributed by atoms with Crippen molar-refractivity contribution in [2.45, 2.75) is 32.8 Å². The van der Waals surface area contributed by atoms with Crippen LogP contribution in [0.25, 0.3) is 11.3 Å². The second-order valence-corrected chi connectivity index (χ2v) is 8.72. The number of carboxylic acids is 1. The molecule has 1 amide bonds. The molecule has 7 heteroatoms. The summed E-state index contributed by atoms with van der Waals surface area (Å²) in [4.78, 5) is 27.8. The Morgan fingerprint density at radius 1 is 1.20 bits per heavy atom. The van der Waals surface area contributed by atoms with Crippen molar-refractivity contribution < 1.29 is 28.0 Å². The van der Waals surface area contributed by atoms with Crippen LogP contribution in [-0.2, 0) is 11.3 Å². The molecule has 2 aromatic carbocycles. The van der Waals surface area contributed by atoms with Crippen molar-refractivity contribution in [1.29, 1.82) is 0 Å².